The average Bonchev–Trinajstić information content (AvgIpc) is 4.08. The summed E-state index contributed by atoms with van der Waals surface area (Å²) < 4.78 is 11.5. The van der Waals surface area contributed by atoms with Crippen molar-refractivity contribution < 1.29 is 19.4 Å². The fourth-order valence-electron chi connectivity index (χ4n) is 9.96. The average molecular weight is 972 g/mol. The van der Waals surface area contributed by atoms with Crippen molar-refractivity contribution >= 4 is 31.3 Å². The second-order valence-corrected chi connectivity index (χ2v) is 28.0. The summed E-state index contributed by atoms with van der Waals surface area (Å²) in [5, 5.41) is 36.4. The molecule has 15 nitrogen and oxygen atoms in total. The van der Waals surface area contributed by atoms with Crippen LogP contribution in [0.5, 0.6) is 0 Å². The maximum Gasteiger partial charge on any atom is 0.356 e. The Bertz CT molecular complexity index is 2650. The van der Waals surface area contributed by atoms with Crippen molar-refractivity contribution in [2.75, 3.05) is 30.7 Å². The van der Waals surface area contributed by atoms with E-state index in [4.69, 9.17) is 10.5 Å². The molecule has 5 heterocycles. The van der Waals surface area contributed by atoms with E-state index >= 15 is 0 Å². The minimum Gasteiger partial charge on any atom is -0.476 e. The van der Waals surface area contributed by atoms with Crippen molar-refractivity contribution in [2.45, 2.75) is 137 Å². The van der Waals surface area contributed by atoms with Gasteiger partial charge >= 0.3 is 5.97 Å². The van der Waals surface area contributed by atoms with Crippen molar-refractivity contribution in [2.24, 2.45) is 22.7 Å². The molecule has 2 aromatic carbocycles. The molecule has 376 valence electrons. The summed E-state index contributed by atoms with van der Waals surface area (Å²) in [6.07, 6.45) is 16.8. The van der Waals surface area contributed by atoms with Gasteiger partial charge in [0.1, 0.15) is 6.73 Å². The number of carbonyl (C=O) groups excluding carboxylic acids is 1. The van der Waals surface area contributed by atoms with E-state index in [0.717, 1.165) is 92.5 Å². The Morgan fingerprint density at radius 1 is 0.843 bits per heavy atom. The van der Waals surface area contributed by atoms with Crippen LogP contribution >= 0.6 is 0 Å². The van der Waals surface area contributed by atoms with E-state index in [1.54, 1.807) is 17.1 Å². The monoisotopic (exact) mass is 972 g/mol. The first kappa shape index (κ1) is 52.0. The smallest absolute Gasteiger partial charge is 0.356 e. The molecular formula is C54H77N11O4Si. The Balaban J connectivity index is 0.000000160. The van der Waals surface area contributed by atoms with E-state index in [0.29, 0.717) is 36.0 Å². The number of nitrogens with zero attached hydrogens (tertiary/aromatic N) is 7. The van der Waals surface area contributed by atoms with E-state index in [1.807, 2.05) is 27.8 Å². The molecule has 1 aliphatic heterocycles. The predicted octanol–water partition coefficient (Wildman–Crippen LogP) is 10.1. The van der Waals surface area contributed by atoms with Crippen LogP contribution in [0.2, 0.25) is 25.7 Å². The first-order chi connectivity index (χ1) is 32.9. The summed E-state index contributed by atoms with van der Waals surface area (Å²) in [5.74, 6) is 0.0828. The normalized spacial score (nSPS) is 17.9. The number of nitrogens with two attached hydrogens (primary N) is 1. The highest BCUT2D eigenvalue weighted by atomic mass is 28.3. The number of fused-ring (bicyclic) bond motifs is 2. The van der Waals surface area contributed by atoms with Gasteiger partial charge in [0.2, 0.25) is 0 Å². The third kappa shape index (κ3) is 12.7. The molecule has 6 N–H and O–H groups in total. The van der Waals surface area contributed by atoms with Gasteiger partial charge in [-0.15, -0.1) is 0 Å². The molecule has 4 aliphatic rings. The Kier molecular flexibility index (Phi) is 16.4. The van der Waals surface area contributed by atoms with Gasteiger partial charge < -0.3 is 26.2 Å². The van der Waals surface area contributed by atoms with Gasteiger partial charge in [-0.25, -0.2) is 9.48 Å². The maximum atomic E-state index is 12.9. The second-order valence-electron chi connectivity index (χ2n) is 22.4. The van der Waals surface area contributed by atoms with Gasteiger partial charge in [-0.3, -0.25) is 19.3 Å². The lowest BCUT2D eigenvalue weighted by Crippen LogP contribution is -2.47. The molecule has 0 bridgehead atoms. The Morgan fingerprint density at radius 2 is 1.44 bits per heavy atom. The van der Waals surface area contributed by atoms with E-state index in [9.17, 15) is 14.7 Å². The number of anilines is 2. The third-order valence-corrected chi connectivity index (χ3v) is 16.0. The van der Waals surface area contributed by atoms with Crippen LogP contribution < -0.4 is 16.4 Å². The molecule has 70 heavy (non-hydrogen) atoms. The van der Waals surface area contributed by atoms with Crippen LogP contribution in [0, 0.1) is 22.7 Å². The summed E-state index contributed by atoms with van der Waals surface area (Å²) in [4.78, 5) is 24.3. The summed E-state index contributed by atoms with van der Waals surface area (Å²) in [5.41, 5.74) is 15.0. The number of aromatic carboxylic acids is 1. The highest BCUT2D eigenvalue weighted by Gasteiger charge is 2.35. The highest BCUT2D eigenvalue weighted by molar-refractivity contribution is 6.76. The van der Waals surface area contributed by atoms with Crippen LogP contribution in [-0.2, 0) is 37.2 Å². The molecule has 1 saturated heterocycles. The van der Waals surface area contributed by atoms with Crippen LogP contribution in [0.3, 0.4) is 0 Å². The molecule has 2 unspecified atom stereocenters. The first-order valence-electron chi connectivity index (χ1n) is 24.8. The summed E-state index contributed by atoms with van der Waals surface area (Å²) >= 11 is 0. The Labute approximate surface area is 415 Å². The molecule has 1 amide bonds. The lowest BCUT2D eigenvalue weighted by atomic mass is 9.76. The van der Waals surface area contributed by atoms with Crippen molar-refractivity contribution in [3.8, 4) is 0 Å². The number of aromatic amines is 1. The minimum atomic E-state index is -1.11. The minimum absolute atomic E-state index is 0. The molecular weight excluding hydrogens is 895 g/mol. The number of hydrogen-bond acceptors (Lipinski definition) is 9. The SMILES string of the molecule is C.CC1(C)CCc2c(C(=O)Nc3cnn(C(c4ccccc4)C4CNC4)c3)n[nH]c2C1.CC1(C)CCc2c(C(=O)O)nn(COCC[Si](C)(C)C)c2C1.Nc1cnn(C(c2ccccc2)C2CCC2)c1. The summed E-state index contributed by atoms with van der Waals surface area (Å²) in [6.45, 7) is 18.9. The summed E-state index contributed by atoms with van der Waals surface area (Å²) in [6, 6.07) is 22.6. The van der Waals surface area contributed by atoms with E-state index in [1.165, 1.54) is 30.4 Å². The Hall–Kier alpha value is -5.84. The number of aromatic nitrogens is 8. The standard InChI is InChI=1S/C23H28N6O.C16H28N2O3Si.C14H17N3.CH4/c1-23(2)9-8-18-19(10-23)27-28-20(18)22(30)26-17-13-25-29(14-17)21(16-11-24-12-16)15-6-4-3-5-7-15;1-16(2)7-6-12-13(10-16)18(17-14(12)15(19)20)11-21-8-9-22(3,4)5;15-13-9-16-17(10-13)14(12-7-4-8-12)11-5-2-1-3-6-11;/h3-7,13-14,16,21,24H,8-12H2,1-2H3,(H,26,30)(H,27,28);6-11H2,1-5H3,(H,19,20);1-3,5-6,9-10,12,14H,4,7-8,15H2;1H4. The van der Waals surface area contributed by atoms with Gasteiger partial charge in [-0.1, -0.05) is 122 Å². The van der Waals surface area contributed by atoms with Gasteiger partial charge in [0.25, 0.3) is 5.91 Å². The molecule has 16 heteroatoms. The number of carboxylic acid groups (broad SMARTS) is 1. The van der Waals surface area contributed by atoms with Gasteiger partial charge in [0, 0.05) is 68.6 Å². The van der Waals surface area contributed by atoms with Crippen molar-refractivity contribution in [1.29, 1.82) is 0 Å². The zero-order valence-electron chi connectivity index (χ0n) is 41.7. The fourth-order valence-corrected chi connectivity index (χ4v) is 10.7. The number of carboxylic acids is 1. The van der Waals surface area contributed by atoms with Crippen LogP contribution in [0.25, 0.3) is 0 Å². The number of hydrogen-bond donors (Lipinski definition) is 5. The number of rotatable bonds is 14. The van der Waals surface area contributed by atoms with Crippen LogP contribution in [0.1, 0.15) is 134 Å². The number of nitrogen functional groups attached to an aromatic ring is 1. The topological polar surface area (TPSA) is 196 Å². The van der Waals surface area contributed by atoms with Gasteiger partial charge in [-0.2, -0.15) is 20.4 Å². The lowest BCUT2D eigenvalue weighted by molar-refractivity contribution is 0.0667. The van der Waals surface area contributed by atoms with Crippen LogP contribution in [0.15, 0.2) is 85.5 Å². The molecule has 2 fully saturated rings. The number of carbonyl (C=O) groups is 2. The number of H-pyrrole nitrogens is 1. The number of ether oxygens (including phenoxy) is 1. The van der Waals surface area contributed by atoms with Gasteiger partial charge in [0.05, 0.1) is 35.9 Å². The zero-order chi connectivity index (χ0) is 48.9. The van der Waals surface area contributed by atoms with Gasteiger partial charge in [-0.05, 0) is 85.3 Å². The fraction of sp³-hybridized carbons (Fsp3) is 0.519. The van der Waals surface area contributed by atoms with E-state index < -0.39 is 14.0 Å². The van der Waals surface area contributed by atoms with Crippen LogP contribution in [0.4, 0.5) is 11.4 Å². The molecule has 3 aliphatic carbocycles. The zero-order valence-corrected chi connectivity index (χ0v) is 42.7. The number of amides is 1. The van der Waals surface area contributed by atoms with Crippen molar-refractivity contribution in [3.63, 3.8) is 0 Å². The van der Waals surface area contributed by atoms with Crippen molar-refractivity contribution in [3.05, 3.63) is 130 Å². The predicted molar refractivity (Wildman–Crippen MR) is 280 cm³/mol. The number of nitrogens with one attached hydrogen (secondary N) is 3. The molecule has 0 radical (unpaired) electrons. The molecule has 6 aromatic rings. The van der Waals surface area contributed by atoms with Crippen molar-refractivity contribution in [1.82, 2.24) is 44.9 Å². The highest BCUT2D eigenvalue weighted by Crippen LogP contribution is 2.41. The second kappa shape index (κ2) is 22.1. The number of benzene rings is 2. The quantitative estimate of drug-likeness (QED) is 0.0518. The maximum absolute atomic E-state index is 12.9. The lowest BCUT2D eigenvalue weighted by Gasteiger charge is -2.35. The third-order valence-electron chi connectivity index (χ3n) is 14.3. The molecule has 2 atom stereocenters. The summed E-state index contributed by atoms with van der Waals surface area (Å²) in [7, 11) is -1.11. The van der Waals surface area contributed by atoms with E-state index in [-0.39, 0.29) is 35.9 Å². The molecule has 1 saturated carbocycles. The molecule has 10 rings (SSSR count). The first-order valence-corrected chi connectivity index (χ1v) is 28.6. The molecule has 0 spiro atoms. The largest absolute Gasteiger partial charge is 0.476 e. The Morgan fingerprint density at radius 3 is 2.00 bits per heavy atom. The van der Waals surface area contributed by atoms with Gasteiger partial charge in [0.15, 0.2) is 11.4 Å². The van der Waals surface area contributed by atoms with E-state index in [2.05, 4.69) is 138 Å². The van der Waals surface area contributed by atoms with Crippen LogP contribution in [-0.4, -0.2) is 84.3 Å². The molecule has 4 aromatic heterocycles.